The van der Waals surface area contributed by atoms with E-state index < -0.39 is 27.5 Å². The summed E-state index contributed by atoms with van der Waals surface area (Å²) in [4.78, 5) is 26.4. The molecular formula is C15H14N2O6S. The number of aromatic carboxylic acids is 1. The molecule has 0 fully saturated rings. The second kappa shape index (κ2) is 7.09. The fraction of sp³-hybridized carbons (Fsp3) is 0.133. The molecule has 9 heteroatoms. The van der Waals surface area contributed by atoms with Gasteiger partial charge in [0.05, 0.1) is 4.90 Å². The number of carboxylic acids is 1. The van der Waals surface area contributed by atoms with Crippen LogP contribution in [0.5, 0.6) is 0 Å². The molecule has 0 aliphatic carbocycles. The number of nitrogens with zero attached hydrogens (tertiary/aromatic N) is 1. The van der Waals surface area contributed by atoms with Crippen molar-refractivity contribution in [1.82, 2.24) is 4.98 Å². The Hall–Kier alpha value is -2.94. The van der Waals surface area contributed by atoms with E-state index in [1.807, 2.05) is 6.07 Å². The molecule has 0 spiro atoms. The number of carbonyl (C=O) groups excluding carboxylic acids is 1. The van der Waals surface area contributed by atoms with Gasteiger partial charge in [-0.15, -0.1) is 0 Å². The summed E-state index contributed by atoms with van der Waals surface area (Å²) in [7, 11) is -3.62. The van der Waals surface area contributed by atoms with Crippen LogP contribution in [0.4, 0.5) is 10.6 Å². The van der Waals surface area contributed by atoms with Crippen LogP contribution >= 0.6 is 0 Å². The van der Waals surface area contributed by atoms with Crippen LogP contribution < -0.4 is 5.32 Å². The van der Waals surface area contributed by atoms with E-state index in [2.05, 4.69) is 10.3 Å². The normalized spacial score (nSPS) is 10.9. The van der Waals surface area contributed by atoms with Gasteiger partial charge in [0.25, 0.3) is 0 Å². The third-order valence-electron chi connectivity index (χ3n) is 2.95. The van der Waals surface area contributed by atoms with Crippen molar-refractivity contribution < 1.29 is 27.9 Å². The lowest BCUT2D eigenvalue weighted by atomic mass is 10.2. The van der Waals surface area contributed by atoms with E-state index in [4.69, 9.17) is 9.84 Å². The van der Waals surface area contributed by atoms with Crippen LogP contribution in [0.3, 0.4) is 0 Å². The van der Waals surface area contributed by atoms with Crippen molar-refractivity contribution in [3.63, 3.8) is 0 Å². The minimum atomic E-state index is -3.62. The number of anilines is 1. The number of benzene rings is 1. The summed E-state index contributed by atoms with van der Waals surface area (Å²) in [5.41, 5.74) is 0.307. The molecule has 0 saturated carbocycles. The first-order valence-corrected chi connectivity index (χ1v) is 8.57. The van der Waals surface area contributed by atoms with Crippen LogP contribution in [0.25, 0.3) is 0 Å². The van der Waals surface area contributed by atoms with Crippen molar-refractivity contribution in [2.24, 2.45) is 0 Å². The number of sulfone groups is 1. The number of pyridine rings is 1. The fourth-order valence-electron chi connectivity index (χ4n) is 1.77. The first kappa shape index (κ1) is 17.4. The van der Waals surface area contributed by atoms with Crippen LogP contribution in [0.1, 0.15) is 15.9 Å². The van der Waals surface area contributed by atoms with Gasteiger partial charge in [0.15, 0.2) is 9.84 Å². The smallest absolute Gasteiger partial charge is 0.413 e. The third kappa shape index (κ3) is 4.53. The van der Waals surface area contributed by atoms with Crippen LogP contribution in [0, 0.1) is 0 Å². The number of hydrogen-bond donors (Lipinski definition) is 2. The molecule has 24 heavy (non-hydrogen) atoms. The quantitative estimate of drug-likeness (QED) is 0.844. The zero-order valence-corrected chi connectivity index (χ0v) is 13.4. The van der Waals surface area contributed by atoms with Crippen LogP contribution in [0.2, 0.25) is 0 Å². The molecule has 0 atom stereocenters. The highest BCUT2D eigenvalue weighted by Crippen LogP contribution is 2.18. The highest BCUT2D eigenvalue weighted by Gasteiger charge is 2.19. The molecule has 1 heterocycles. The highest BCUT2D eigenvalue weighted by molar-refractivity contribution is 7.90. The molecule has 0 bridgehead atoms. The van der Waals surface area contributed by atoms with Gasteiger partial charge < -0.3 is 9.84 Å². The molecule has 0 aliphatic heterocycles. The number of ether oxygens (including phenoxy) is 1. The molecule has 0 aliphatic rings. The minimum Gasteiger partial charge on any atom is -0.478 e. The third-order valence-corrected chi connectivity index (χ3v) is 4.03. The molecule has 1 aromatic heterocycles. The second-order valence-corrected chi connectivity index (χ2v) is 6.85. The van der Waals surface area contributed by atoms with Crippen molar-refractivity contribution >= 4 is 27.7 Å². The van der Waals surface area contributed by atoms with Gasteiger partial charge in [0.1, 0.15) is 18.0 Å². The predicted octanol–water partition coefficient (Wildman–Crippen LogP) is 1.93. The predicted molar refractivity (Wildman–Crippen MR) is 84.6 cm³/mol. The molecule has 0 radical (unpaired) electrons. The van der Waals surface area contributed by atoms with Crippen molar-refractivity contribution in [3.8, 4) is 0 Å². The SMILES string of the molecule is CS(=O)(=O)c1cnc(NC(=O)OCc2ccccc2)c(C(=O)O)c1. The fourth-order valence-corrected chi connectivity index (χ4v) is 2.34. The van der Waals surface area contributed by atoms with Gasteiger partial charge in [-0.3, -0.25) is 5.32 Å². The molecule has 8 nitrogen and oxygen atoms in total. The molecule has 2 aromatic rings. The molecule has 0 unspecified atom stereocenters. The van der Waals surface area contributed by atoms with E-state index in [0.717, 1.165) is 24.1 Å². The van der Waals surface area contributed by atoms with Crippen molar-refractivity contribution in [1.29, 1.82) is 0 Å². The Morgan fingerprint density at radius 2 is 1.92 bits per heavy atom. The summed E-state index contributed by atoms with van der Waals surface area (Å²) in [6.45, 7) is -0.00347. The van der Waals surface area contributed by atoms with E-state index in [1.54, 1.807) is 24.3 Å². The maximum atomic E-state index is 11.8. The second-order valence-electron chi connectivity index (χ2n) is 4.83. The molecule has 2 rings (SSSR count). The Kier molecular flexibility index (Phi) is 5.14. The van der Waals surface area contributed by atoms with E-state index in [9.17, 15) is 18.0 Å². The highest BCUT2D eigenvalue weighted by atomic mass is 32.2. The van der Waals surface area contributed by atoms with E-state index >= 15 is 0 Å². The first-order valence-electron chi connectivity index (χ1n) is 6.68. The number of nitrogens with one attached hydrogen (secondary N) is 1. The van der Waals surface area contributed by atoms with Gasteiger partial charge in [0, 0.05) is 12.5 Å². The van der Waals surface area contributed by atoms with Gasteiger partial charge in [-0.2, -0.15) is 0 Å². The number of hydrogen-bond acceptors (Lipinski definition) is 6. The van der Waals surface area contributed by atoms with Gasteiger partial charge in [-0.25, -0.2) is 23.0 Å². The zero-order chi connectivity index (χ0) is 17.7. The Morgan fingerprint density at radius 3 is 2.50 bits per heavy atom. The number of carbonyl (C=O) groups is 2. The van der Waals surface area contributed by atoms with Crippen molar-refractivity contribution in [2.45, 2.75) is 11.5 Å². The summed E-state index contributed by atoms with van der Waals surface area (Å²) in [5.74, 6) is -1.72. The molecule has 126 valence electrons. The molecule has 2 N–H and O–H groups in total. The Bertz CT molecular complexity index is 865. The van der Waals surface area contributed by atoms with E-state index in [1.165, 1.54) is 0 Å². The molecule has 1 aromatic carbocycles. The standard InChI is InChI=1S/C15H14N2O6S/c1-24(21,22)11-7-12(14(18)19)13(16-8-11)17-15(20)23-9-10-5-3-2-4-6-10/h2-8H,9H2,1H3,(H,18,19)(H,16,17,20). The van der Waals surface area contributed by atoms with E-state index in [0.29, 0.717) is 0 Å². The lowest BCUT2D eigenvalue weighted by Crippen LogP contribution is -2.18. The van der Waals surface area contributed by atoms with Crippen molar-refractivity contribution in [3.05, 3.63) is 53.7 Å². The summed E-state index contributed by atoms with van der Waals surface area (Å²) >= 11 is 0. The summed E-state index contributed by atoms with van der Waals surface area (Å²) in [6.07, 6.45) is 0.992. The van der Waals surface area contributed by atoms with Gasteiger partial charge in [-0.05, 0) is 11.6 Å². The van der Waals surface area contributed by atoms with Gasteiger partial charge in [-0.1, -0.05) is 30.3 Å². The van der Waals surface area contributed by atoms with E-state index in [-0.39, 0.29) is 17.3 Å². The first-order chi connectivity index (χ1) is 11.3. The number of aromatic nitrogens is 1. The molecular weight excluding hydrogens is 336 g/mol. The average Bonchev–Trinajstić information content (AvgIpc) is 2.53. The monoisotopic (exact) mass is 350 g/mol. The molecule has 0 saturated heterocycles. The average molecular weight is 350 g/mol. The lowest BCUT2D eigenvalue weighted by molar-refractivity contribution is 0.0697. The largest absolute Gasteiger partial charge is 0.478 e. The maximum Gasteiger partial charge on any atom is 0.413 e. The van der Waals surface area contributed by atoms with Crippen LogP contribution in [-0.4, -0.2) is 36.8 Å². The Balaban J connectivity index is 2.13. The number of rotatable bonds is 5. The van der Waals surface area contributed by atoms with Gasteiger partial charge in [0.2, 0.25) is 0 Å². The van der Waals surface area contributed by atoms with Crippen LogP contribution in [0.15, 0.2) is 47.5 Å². The maximum absolute atomic E-state index is 11.8. The van der Waals surface area contributed by atoms with Crippen molar-refractivity contribution in [2.75, 3.05) is 11.6 Å². The summed E-state index contributed by atoms with van der Waals surface area (Å²) in [6, 6.07) is 9.83. The molecule has 1 amide bonds. The Morgan fingerprint density at radius 1 is 1.25 bits per heavy atom. The number of amides is 1. The Labute approximate surface area is 138 Å². The number of carboxylic acid groups (broad SMARTS) is 1. The zero-order valence-electron chi connectivity index (χ0n) is 12.6. The van der Waals surface area contributed by atoms with Crippen LogP contribution in [-0.2, 0) is 21.2 Å². The summed E-state index contributed by atoms with van der Waals surface area (Å²) < 4.78 is 27.9. The lowest BCUT2D eigenvalue weighted by Gasteiger charge is -2.09. The van der Waals surface area contributed by atoms with Gasteiger partial charge >= 0.3 is 12.1 Å². The summed E-state index contributed by atoms with van der Waals surface area (Å²) in [5, 5.41) is 11.3. The topological polar surface area (TPSA) is 123 Å². The minimum absolute atomic E-state index is 0.00347.